The molecular formula is C21H24ClN7O5S. The van der Waals surface area contributed by atoms with Crippen molar-refractivity contribution in [2.75, 3.05) is 24.8 Å². The minimum absolute atomic E-state index is 0.00213. The van der Waals surface area contributed by atoms with Crippen molar-refractivity contribution >= 4 is 40.6 Å². The smallest absolute Gasteiger partial charge is 0.275 e. The molecule has 1 aliphatic heterocycles. The summed E-state index contributed by atoms with van der Waals surface area (Å²) >= 11 is 7.60. The van der Waals surface area contributed by atoms with Crippen molar-refractivity contribution < 1.29 is 19.2 Å². The second-order valence-electron chi connectivity index (χ2n) is 7.75. The zero-order valence-electron chi connectivity index (χ0n) is 19.1. The van der Waals surface area contributed by atoms with Gasteiger partial charge in [-0.1, -0.05) is 23.4 Å². The second-order valence-corrected chi connectivity index (χ2v) is 9.10. The third kappa shape index (κ3) is 5.92. The van der Waals surface area contributed by atoms with E-state index in [0.29, 0.717) is 41.4 Å². The third-order valence-corrected chi connectivity index (χ3v) is 6.58. The number of halogens is 1. The highest BCUT2D eigenvalue weighted by Crippen LogP contribution is 2.30. The van der Waals surface area contributed by atoms with Gasteiger partial charge in [-0.3, -0.25) is 24.2 Å². The Bertz CT molecular complexity index is 1220. The Labute approximate surface area is 210 Å². The molecule has 1 atom stereocenters. The molecule has 1 fully saturated rings. The number of ether oxygens (including phenoxy) is 2. The molecule has 1 unspecified atom stereocenters. The number of carbonyl (C=O) groups is 1. The number of hydrogen-bond donors (Lipinski definition) is 1. The number of amides is 1. The fraction of sp³-hybridized carbons (Fsp3) is 0.429. The van der Waals surface area contributed by atoms with Gasteiger partial charge in [0, 0.05) is 31.5 Å². The van der Waals surface area contributed by atoms with E-state index in [2.05, 4.69) is 20.6 Å². The predicted octanol–water partition coefficient (Wildman–Crippen LogP) is 3.64. The number of nitro groups is 1. The van der Waals surface area contributed by atoms with Crippen LogP contribution >= 0.6 is 23.4 Å². The van der Waals surface area contributed by atoms with Crippen LogP contribution in [0.15, 0.2) is 29.6 Å². The van der Waals surface area contributed by atoms with Gasteiger partial charge in [-0.2, -0.15) is 5.10 Å². The minimum atomic E-state index is -0.549. The molecular weight excluding hydrogens is 498 g/mol. The summed E-state index contributed by atoms with van der Waals surface area (Å²) in [5.41, 5.74) is 0.593. The predicted molar refractivity (Wildman–Crippen MR) is 130 cm³/mol. The molecule has 1 amide bonds. The first kappa shape index (κ1) is 24.9. The van der Waals surface area contributed by atoms with E-state index in [1.54, 1.807) is 10.9 Å². The Morgan fingerprint density at radius 1 is 1.40 bits per heavy atom. The molecule has 4 rings (SSSR count). The van der Waals surface area contributed by atoms with E-state index in [1.807, 2.05) is 11.5 Å². The second kappa shape index (κ2) is 11.1. The Kier molecular flexibility index (Phi) is 7.88. The third-order valence-electron chi connectivity index (χ3n) is 5.33. The van der Waals surface area contributed by atoms with Crippen molar-refractivity contribution in [2.45, 2.75) is 44.1 Å². The molecule has 3 heterocycles. The molecule has 35 heavy (non-hydrogen) atoms. The van der Waals surface area contributed by atoms with Crippen LogP contribution < -0.4 is 10.1 Å². The number of benzene rings is 1. The van der Waals surface area contributed by atoms with Crippen LogP contribution in [0.4, 0.5) is 11.4 Å². The maximum atomic E-state index is 12.6. The quantitative estimate of drug-likeness (QED) is 0.240. The van der Waals surface area contributed by atoms with Crippen LogP contribution in [0.2, 0.25) is 5.02 Å². The van der Waals surface area contributed by atoms with Gasteiger partial charge in [0.15, 0.2) is 11.0 Å². The van der Waals surface area contributed by atoms with Crippen LogP contribution in [-0.4, -0.2) is 60.9 Å². The first-order valence-corrected chi connectivity index (χ1v) is 12.3. The number of methoxy groups -OCH3 is 1. The summed E-state index contributed by atoms with van der Waals surface area (Å²) in [5.74, 6) is 0.417. The largest absolute Gasteiger partial charge is 0.496 e. The fourth-order valence-corrected chi connectivity index (χ4v) is 4.63. The van der Waals surface area contributed by atoms with E-state index in [1.165, 1.54) is 37.1 Å². The summed E-state index contributed by atoms with van der Waals surface area (Å²) in [7, 11) is 1.40. The van der Waals surface area contributed by atoms with Gasteiger partial charge in [-0.15, -0.1) is 10.2 Å². The number of anilines is 1. The summed E-state index contributed by atoms with van der Waals surface area (Å²) in [6.07, 6.45) is 3.62. The molecule has 1 saturated heterocycles. The zero-order valence-corrected chi connectivity index (χ0v) is 20.7. The van der Waals surface area contributed by atoms with Crippen LogP contribution in [0.3, 0.4) is 0 Å². The van der Waals surface area contributed by atoms with Gasteiger partial charge in [0.05, 0.1) is 47.2 Å². The van der Waals surface area contributed by atoms with Crippen molar-refractivity contribution in [3.8, 4) is 17.3 Å². The SMILES string of the molecule is CCn1cc(Cl)c(-c2nnc(SCC(=O)Nc3cc(OC)cc([N+](=O)[O-])c3)n2CC2CCCO2)n1. The Hall–Kier alpha value is -3.16. The molecule has 1 aliphatic rings. The van der Waals surface area contributed by atoms with E-state index < -0.39 is 4.92 Å². The summed E-state index contributed by atoms with van der Waals surface area (Å²) in [5, 5.41) is 27.9. The van der Waals surface area contributed by atoms with Crippen LogP contribution in [0.1, 0.15) is 19.8 Å². The van der Waals surface area contributed by atoms with Gasteiger partial charge in [0.25, 0.3) is 5.69 Å². The highest BCUT2D eigenvalue weighted by molar-refractivity contribution is 7.99. The lowest BCUT2D eigenvalue weighted by atomic mass is 10.2. The minimum Gasteiger partial charge on any atom is -0.496 e. The number of carbonyl (C=O) groups excluding carboxylic acids is 1. The number of aryl methyl sites for hydroxylation is 1. The van der Waals surface area contributed by atoms with Crippen LogP contribution in [0, 0.1) is 10.1 Å². The normalized spacial score (nSPS) is 15.3. The Morgan fingerprint density at radius 3 is 2.89 bits per heavy atom. The monoisotopic (exact) mass is 521 g/mol. The number of thioether (sulfide) groups is 1. The molecule has 12 nitrogen and oxygen atoms in total. The fourth-order valence-electron chi connectivity index (χ4n) is 3.64. The van der Waals surface area contributed by atoms with Crippen LogP contribution in [-0.2, 0) is 22.6 Å². The summed E-state index contributed by atoms with van der Waals surface area (Å²) in [6, 6.07) is 4.07. The first-order valence-electron chi connectivity index (χ1n) is 10.9. The summed E-state index contributed by atoms with van der Waals surface area (Å²) in [6.45, 7) is 3.82. The van der Waals surface area contributed by atoms with Gasteiger partial charge in [0.2, 0.25) is 5.91 Å². The number of nitrogens with zero attached hydrogens (tertiary/aromatic N) is 6. The molecule has 0 bridgehead atoms. The molecule has 1 N–H and O–H groups in total. The number of nitro benzene ring substituents is 1. The van der Waals surface area contributed by atoms with Gasteiger partial charge in [-0.25, -0.2) is 0 Å². The van der Waals surface area contributed by atoms with Gasteiger partial charge < -0.3 is 14.8 Å². The average Bonchev–Trinajstić information content (AvgIpc) is 3.58. The van der Waals surface area contributed by atoms with Crippen molar-refractivity contribution in [3.63, 3.8) is 0 Å². The topological polar surface area (TPSA) is 139 Å². The summed E-state index contributed by atoms with van der Waals surface area (Å²) in [4.78, 5) is 23.2. The lowest BCUT2D eigenvalue weighted by molar-refractivity contribution is -0.384. The standard InChI is InChI=1S/C21H24ClN7O5S/c1-3-27-11-17(22)19(26-27)20-24-25-21(28(20)10-15-5-4-6-34-15)35-12-18(30)23-13-7-14(29(31)32)9-16(8-13)33-2/h7-9,11,15H,3-6,10,12H2,1-2H3,(H,23,30). The Balaban J connectivity index is 1.52. The van der Waals surface area contributed by atoms with E-state index in [-0.39, 0.29) is 34.9 Å². The maximum Gasteiger partial charge on any atom is 0.275 e. The molecule has 3 aromatic rings. The summed E-state index contributed by atoms with van der Waals surface area (Å²) < 4.78 is 14.5. The molecule has 186 valence electrons. The molecule has 2 aromatic heterocycles. The van der Waals surface area contributed by atoms with Gasteiger partial charge >= 0.3 is 0 Å². The molecule has 14 heteroatoms. The van der Waals surface area contributed by atoms with Crippen LogP contribution in [0.25, 0.3) is 11.5 Å². The lowest BCUT2D eigenvalue weighted by Crippen LogP contribution is -2.18. The maximum absolute atomic E-state index is 12.6. The number of hydrogen-bond acceptors (Lipinski definition) is 9. The van der Waals surface area contributed by atoms with E-state index in [9.17, 15) is 14.9 Å². The highest BCUT2D eigenvalue weighted by Gasteiger charge is 2.25. The van der Waals surface area contributed by atoms with Crippen molar-refractivity contribution in [1.29, 1.82) is 0 Å². The van der Waals surface area contributed by atoms with Crippen molar-refractivity contribution in [3.05, 3.63) is 39.5 Å². The number of nitrogens with one attached hydrogen (secondary N) is 1. The van der Waals surface area contributed by atoms with Crippen molar-refractivity contribution in [2.24, 2.45) is 0 Å². The first-order chi connectivity index (χ1) is 16.9. The van der Waals surface area contributed by atoms with E-state index >= 15 is 0 Å². The van der Waals surface area contributed by atoms with Crippen LogP contribution in [0.5, 0.6) is 5.75 Å². The lowest BCUT2D eigenvalue weighted by Gasteiger charge is -2.14. The molecule has 0 radical (unpaired) electrons. The Morgan fingerprint density at radius 2 is 2.23 bits per heavy atom. The molecule has 0 aliphatic carbocycles. The van der Waals surface area contributed by atoms with Crippen molar-refractivity contribution in [1.82, 2.24) is 24.5 Å². The number of aromatic nitrogens is 5. The van der Waals surface area contributed by atoms with E-state index in [4.69, 9.17) is 21.1 Å². The van der Waals surface area contributed by atoms with E-state index in [0.717, 1.165) is 12.8 Å². The number of non-ortho nitro benzene ring substituents is 1. The average molecular weight is 522 g/mol. The zero-order chi connectivity index (χ0) is 24.9. The molecule has 1 aromatic carbocycles. The van der Waals surface area contributed by atoms with Gasteiger partial charge in [-0.05, 0) is 19.8 Å². The highest BCUT2D eigenvalue weighted by atomic mass is 35.5. The van der Waals surface area contributed by atoms with Gasteiger partial charge in [0.1, 0.15) is 11.4 Å². The number of rotatable bonds is 10. The molecule has 0 saturated carbocycles. The molecule has 0 spiro atoms.